The van der Waals surface area contributed by atoms with E-state index in [4.69, 9.17) is 14.4 Å². The van der Waals surface area contributed by atoms with E-state index < -0.39 is 5.91 Å². The molecule has 33 heavy (non-hydrogen) atoms. The average Bonchev–Trinajstić information content (AvgIpc) is 3.28. The molecule has 11 nitrogen and oxygen atoms in total. The third-order valence-corrected chi connectivity index (χ3v) is 5.75. The van der Waals surface area contributed by atoms with Crippen LogP contribution in [-0.4, -0.2) is 71.5 Å². The largest absolute Gasteiger partial charge is 0.422 e. The van der Waals surface area contributed by atoms with Gasteiger partial charge in [-0.3, -0.25) is 4.79 Å². The molecule has 0 spiro atoms. The second kappa shape index (κ2) is 9.01. The molecule has 0 bridgehead atoms. The summed E-state index contributed by atoms with van der Waals surface area (Å²) in [6.45, 7) is 3.65. The minimum atomic E-state index is -0.419. The van der Waals surface area contributed by atoms with Crippen molar-refractivity contribution in [2.75, 3.05) is 54.5 Å². The molecule has 5 rings (SSSR count). The van der Waals surface area contributed by atoms with E-state index in [9.17, 15) is 9.90 Å². The quantitative estimate of drug-likeness (QED) is 0.602. The Morgan fingerprint density at radius 1 is 1.12 bits per heavy atom. The van der Waals surface area contributed by atoms with Crippen molar-refractivity contribution in [2.24, 2.45) is 0 Å². The van der Waals surface area contributed by atoms with Gasteiger partial charge in [-0.25, -0.2) is 9.97 Å². The van der Waals surface area contributed by atoms with E-state index in [0.29, 0.717) is 80.9 Å². The number of amides is 1. The number of aromatic nitrogens is 3. The van der Waals surface area contributed by atoms with Crippen molar-refractivity contribution in [2.45, 2.75) is 18.9 Å². The molecule has 5 heterocycles. The van der Waals surface area contributed by atoms with Gasteiger partial charge in [0.1, 0.15) is 23.4 Å². The number of aliphatic hydroxyl groups is 1. The summed E-state index contributed by atoms with van der Waals surface area (Å²) in [5.74, 6) is 0.327. The first-order valence-electron chi connectivity index (χ1n) is 10.9. The predicted molar refractivity (Wildman–Crippen MR) is 119 cm³/mol. The minimum Gasteiger partial charge on any atom is -0.422 e. The lowest BCUT2D eigenvalue weighted by molar-refractivity contribution is 0.102. The summed E-state index contributed by atoms with van der Waals surface area (Å²) in [6.07, 6.45) is 0.814. The third-order valence-electron chi connectivity index (χ3n) is 5.75. The molecule has 2 saturated heterocycles. The number of nitrogens with zero attached hydrogens (tertiary/aromatic N) is 6. The number of hydrogen-bond acceptors (Lipinski definition) is 10. The average molecular weight is 449 g/mol. The molecule has 2 fully saturated rings. The fourth-order valence-electron chi connectivity index (χ4n) is 3.97. The first kappa shape index (κ1) is 21.1. The molecule has 0 aromatic carbocycles. The van der Waals surface area contributed by atoms with E-state index in [1.54, 1.807) is 24.3 Å². The summed E-state index contributed by atoms with van der Waals surface area (Å²) >= 11 is 0. The van der Waals surface area contributed by atoms with Crippen molar-refractivity contribution >= 4 is 34.8 Å². The second-order valence-corrected chi connectivity index (χ2v) is 7.97. The van der Waals surface area contributed by atoms with Crippen LogP contribution < -0.4 is 15.1 Å². The summed E-state index contributed by atoms with van der Waals surface area (Å²) in [6, 6.07) is 8.89. The first-order valence-corrected chi connectivity index (χ1v) is 10.9. The standard InChI is InChI=1S/C22H23N7O4/c23-13-14-2-1-3-18(24-14)25-21(31)16-12-17-19(26-20(16)28-6-4-15(30)5-7-28)27-22(33-17)29-8-10-32-11-9-29/h1-3,12,15,30H,4-11H2,(H,24,25,31). The maximum atomic E-state index is 13.3. The summed E-state index contributed by atoms with van der Waals surface area (Å²) in [5.41, 5.74) is 1.34. The van der Waals surface area contributed by atoms with Gasteiger partial charge in [0.05, 0.1) is 24.9 Å². The topological polar surface area (TPSA) is 141 Å². The summed E-state index contributed by atoms with van der Waals surface area (Å²) < 4.78 is 11.3. The Balaban J connectivity index is 1.51. The molecular formula is C22H23N7O4. The van der Waals surface area contributed by atoms with Gasteiger partial charge >= 0.3 is 0 Å². The zero-order valence-electron chi connectivity index (χ0n) is 17.9. The van der Waals surface area contributed by atoms with Gasteiger partial charge in [0.15, 0.2) is 5.58 Å². The van der Waals surface area contributed by atoms with Crippen LogP contribution in [0.1, 0.15) is 28.9 Å². The molecule has 0 aliphatic carbocycles. The number of ether oxygens (including phenoxy) is 1. The van der Waals surface area contributed by atoms with Crippen molar-refractivity contribution in [1.29, 1.82) is 5.26 Å². The highest BCUT2D eigenvalue weighted by Gasteiger charge is 2.26. The molecule has 3 aromatic heterocycles. The molecule has 11 heteroatoms. The lowest BCUT2D eigenvalue weighted by Crippen LogP contribution is -2.37. The number of hydrogen-bond donors (Lipinski definition) is 2. The van der Waals surface area contributed by atoms with Gasteiger partial charge in [0.25, 0.3) is 11.9 Å². The van der Waals surface area contributed by atoms with Crippen LogP contribution in [0.4, 0.5) is 17.7 Å². The maximum Gasteiger partial charge on any atom is 0.300 e. The smallest absolute Gasteiger partial charge is 0.300 e. The van der Waals surface area contributed by atoms with Gasteiger partial charge in [-0.2, -0.15) is 10.2 Å². The minimum absolute atomic E-state index is 0.206. The highest BCUT2D eigenvalue weighted by molar-refractivity contribution is 6.08. The van der Waals surface area contributed by atoms with E-state index in [-0.39, 0.29) is 17.6 Å². The van der Waals surface area contributed by atoms with Crippen molar-refractivity contribution < 1.29 is 19.1 Å². The number of morpholine rings is 1. The van der Waals surface area contributed by atoms with E-state index in [1.807, 2.05) is 15.9 Å². The molecule has 0 unspecified atom stereocenters. The molecule has 0 saturated carbocycles. The Kier molecular flexibility index (Phi) is 5.77. The Hall–Kier alpha value is -3.75. The number of carbonyl (C=O) groups is 1. The molecule has 0 radical (unpaired) electrons. The van der Waals surface area contributed by atoms with Crippen LogP contribution in [0.15, 0.2) is 28.7 Å². The number of anilines is 3. The van der Waals surface area contributed by atoms with Gasteiger partial charge < -0.3 is 29.4 Å². The Morgan fingerprint density at radius 2 is 1.91 bits per heavy atom. The molecule has 3 aromatic rings. The SMILES string of the molecule is N#Cc1cccc(NC(=O)c2cc3oc(N4CCOCC4)nc3nc2N2CCC(O)CC2)n1. The van der Waals surface area contributed by atoms with Crippen molar-refractivity contribution in [3.8, 4) is 6.07 Å². The molecule has 2 aliphatic heterocycles. The van der Waals surface area contributed by atoms with Gasteiger partial charge in [-0.1, -0.05) is 6.07 Å². The highest BCUT2D eigenvalue weighted by Crippen LogP contribution is 2.29. The summed E-state index contributed by atoms with van der Waals surface area (Å²) in [5, 5.41) is 21.7. The second-order valence-electron chi connectivity index (χ2n) is 7.97. The fraction of sp³-hybridized carbons (Fsp3) is 0.409. The highest BCUT2D eigenvalue weighted by atomic mass is 16.5. The molecular weight excluding hydrogens is 426 g/mol. The van der Waals surface area contributed by atoms with Gasteiger partial charge in [-0.05, 0) is 25.0 Å². The maximum absolute atomic E-state index is 13.3. The van der Waals surface area contributed by atoms with E-state index in [1.165, 1.54) is 0 Å². The summed E-state index contributed by atoms with van der Waals surface area (Å²) in [4.78, 5) is 30.6. The third kappa shape index (κ3) is 4.44. The van der Waals surface area contributed by atoms with Crippen LogP contribution in [0.2, 0.25) is 0 Å². The van der Waals surface area contributed by atoms with Crippen LogP contribution in [0.25, 0.3) is 11.2 Å². The number of aliphatic hydroxyl groups excluding tert-OH is 1. The van der Waals surface area contributed by atoms with Crippen LogP contribution >= 0.6 is 0 Å². The van der Waals surface area contributed by atoms with E-state index >= 15 is 0 Å². The Labute approximate surface area is 189 Å². The van der Waals surface area contributed by atoms with E-state index in [2.05, 4.69) is 20.3 Å². The fourth-order valence-corrected chi connectivity index (χ4v) is 3.97. The Bertz CT molecular complexity index is 1210. The van der Waals surface area contributed by atoms with Crippen molar-refractivity contribution in [3.05, 3.63) is 35.5 Å². The monoisotopic (exact) mass is 449 g/mol. The van der Waals surface area contributed by atoms with Gasteiger partial charge in [0.2, 0.25) is 5.65 Å². The van der Waals surface area contributed by atoms with Crippen LogP contribution in [0.3, 0.4) is 0 Å². The Morgan fingerprint density at radius 3 is 2.67 bits per heavy atom. The lowest BCUT2D eigenvalue weighted by Gasteiger charge is -2.31. The number of rotatable bonds is 4. The van der Waals surface area contributed by atoms with Gasteiger partial charge in [0, 0.05) is 32.2 Å². The molecule has 2 aliphatic rings. The van der Waals surface area contributed by atoms with Crippen LogP contribution in [0, 0.1) is 11.3 Å². The van der Waals surface area contributed by atoms with Crippen LogP contribution in [0.5, 0.6) is 0 Å². The number of nitriles is 1. The number of nitrogens with one attached hydrogen (secondary N) is 1. The number of oxazole rings is 1. The zero-order chi connectivity index (χ0) is 22.8. The lowest BCUT2D eigenvalue weighted by atomic mass is 10.1. The van der Waals surface area contributed by atoms with Crippen LogP contribution in [-0.2, 0) is 4.74 Å². The number of carbonyl (C=O) groups excluding carboxylic acids is 1. The molecule has 1 amide bonds. The number of fused-ring (bicyclic) bond motifs is 1. The van der Waals surface area contributed by atoms with Crippen molar-refractivity contribution in [3.63, 3.8) is 0 Å². The number of piperidine rings is 1. The van der Waals surface area contributed by atoms with E-state index in [0.717, 1.165) is 0 Å². The molecule has 2 N–H and O–H groups in total. The number of pyridine rings is 2. The van der Waals surface area contributed by atoms with Gasteiger partial charge in [-0.15, -0.1) is 0 Å². The van der Waals surface area contributed by atoms with Crippen molar-refractivity contribution in [1.82, 2.24) is 15.0 Å². The predicted octanol–water partition coefficient (Wildman–Crippen LogP) is 1.54. The normalized spacial score (nSPS) is 17.2. The molecule has 170 valence electrons. The zero-order valence-corrected chi connectivity index (χ0v) is 17.9. The first-order chi connectivity index (χ1) is 16.1. The molecule has 0 atom stereocenters. The summed E-state index contributed by atoms with van der Waals surface area (Å²) in [7, 11) is 0.